The first-order valence-corrected chi connectivity index (χ1v) is 18.7. The zero-order valence-electron chi connectivity index (χ0n) is 24.3. The summed E-state index contributed by atoms with van der Waals surface area (Å²) in [6.07, 6.45) is 22.5. The zero-order valence-corrected chi connectivity index (χ0v) is 25.3. The Kier molecular flexibility index (Phi) is 8.37. The van der Waals surface area contributed by atoms with Crippen molar-refractivity contribution in [3.63, 3.8) is 0 Å². The quantitative estimate of drug-likeness (QED) is 0.342. The van der Waals surface area contributed by atoms with Gasteiger partial charge in [-0.2, -0.15) is 0 Å². The van der Waals surface area contributed by atoms with E-state index in [-0.39, 0.29) is 0 Å². The normalized spacial score (nSPS) is 23.7. The molecule has 4 fully saturated rings. The van der Waals surface area contributed by atoms with Crippen molar-refractivity contribution in [1.82, 2.24) is 0 Å². The predicted octanol–water partition coefficient (Wildman–Crippen LogP) is 9.66. The molecule has 2 aromatic rings. The Balaban J connectivity index is 1.58. The van der Waals surface area contributed by atoms with Gasteiger partial charge in [-0.15, -0.1) is 0 Å². The van der Waals surface area contributed by atoms with E-state index in [4.69, 9.17) is 0 Å². The Morgan fingerprint density at radius 2 is 0.842 bits per heavy atom. The van der Waals surface area contributed by atoms with Gasteiger partial charge in [-0.05, 0) is 0 Å². The Labute approximate surface area is 233 Å². The summed E-state index contributed by atoms with van der Waals surface area (Å²) in [6, 6.07) is 18.8. The van der Waals surface area contributed by atoms with Gasteiger partial charge in [0.1, 0.15) is 0 Å². The molecule has 0 radical (unpaired) electrons. The maximum atomic E-state index is 3.01. The van der Waals surface area contributed by atoms with Gasteiger partial charge in [-0.3, -0.25) is 0 Å². The molecule has 3 aliphatic carbocycles. The average Bonchev–Trinajstić information content (AvgIpc) is 3.40. The first-order chi connectivity index (χ1) is 18.7. The second-order valence-electron chi connectivity index (χ2n) is 13.3. The summed E-state index contributed by atoms with van der Waals surface area (Å²) in [6.45, 7) is 7.11. The van der Waals surface area contributed by atoms with Gasteiger partial charge in [0.05, 0.1) is 0 Å². The molecule has 0 amide bonds. The van der Waals surface area contributed by atoms with Crippen LogP contribution in [0.3, 0.4) is 0 Å². The van der Waals surface area contributed by atoms with Gasteiger partial charge in [0.15, 0.2) is 0 Å². The van der Waals surface area contributed by atoms with Gasteiger partial charge in [-0.25, -0.2) is 0 Å². The minimum absolute atomic E-state index is 0.610. The second kappa shape index (κ2) is 11.9. The van der Waals surface area contributed by atoms with Gasteiger partial charge in [0.25, 0.3) is 0 Å². The van der Waals surface area contributed by atoms with Crippen molar-refractivity contribution in [3.05, 3.63) is 59.7 Å². The minimum atomic E-state index is -1.85. The van der Waals surface area contributed by atoms with Crippen molar-refractivity contribution in [2.45, 2.75) is 133 Å². The van der Waals surface area contributed by atoms with Crippen molar-refractivity contribution in [1.29, 1.82) is 0 Å². The van der Waals surface area contributed by atoms with Crippen molar-refractivity contribution in [3.8, 4) is 0 Å². The summed E-state index contributed by atoms with van der Waals surface area (Å²) in [7, 11) is -1.85. The van der Waals surface area contributed by atoms with E-state index in [1.54, 1.807) is 0 Å². The molecule has 0 atom stereocenters. The Morgan fingerprint density at radius 1 is 0.500 bits per heavy atom. The van der Waals surface area contributed by atoms with Crippen LogP contribution < -0.4 is 9.80 Å². The molecule has 1 heterocycles. The number of anilines is 2. The van der Waals surface area contributed by atoms with E-state index in [0.717, 1.165) is 17.0 Å². The monoisotopic (exact) mass is 532 g/mol. The van der Waals surface area contributed by atoms with Crippen molar-refractivity contribution in [2.75, 3.05) is 22.9 Å². The molecule has 1 aliphatic heterocycles. The van der Waals surface area contributed by atoms with Crippen LogP contribution in [0.1, 0.15) is 107 Å². The fourth-order valence-electron chi connectivity index (χ4n) is 9.88. The van der Waals surface area contributed by atoms with E-state index < -0.39 is 7.26 Å². The van der Waals surface area contributed by atoms with Crippen LogP contribution in [0, 0.1) is 13.8 Å². The number of nitrogens with zero attached hydrogens (tertiary/aromatic N) is 2. The van der Waals surface area contributed by atoms with Crippen molar-refractivity contribution >= 4 is 18.6 Å². The molecule has 0 bridgehead atoms. The van der Waals surface area contributed by atoms with Gasteiger partial charge in [-0.1, -0.05) is 0 Å². The second-order valence-corrected chi connectivity index (χ2v) is 18.3. The summed E-state index contributed by atoms with van der Waals surface area (Å²) < 4.78 is 0. The van der Waals surface area contributed by atoms with Crippen LogP contribution in [-0.2, 0) is 0 Å². The van der Waals surface area contributed by atoms with Gasteiger partial charge in [0, 0.05) is 0 Å². The standard InChI is InChI=1S/C35H53N2P/c1-28-16-12-14-24-33(28)36-26-27-37(34-25-15-13-17-29(34)2)35(36)38(30-18-6-3-7-19-30,31-20-8-4-9-21-31)32-22-10-5-11-23-32/h12-17,24-25,30-32,35,38H,3-11,18-23,26-27H2,1-2H3. The molecular weight excluding hydrogens is 479 g/mol. The molecule has 208 valence electrons. The van der Waals surface area contributed by atoms with Crippen LogP contribution in [0.25, 0.3) is 0 Å². The van der Waals surface area contributed by atoms with E-state index in [0.29, 0.717) is 5.91 Å². The summed E-state index contributed by atoms with van der Waals surface area (Å²) in [5, 5.41) is 0. The molecule has 6 rings (SSSR count). The molecule has 2 aromatic carbocycles. The average molecular weight is 533 g/mol. The molecule has 38 heavy (non-hydrogen) atoms. The van der Waals surface area contributed by atoms with E-state index >= 15 is 0 Å². The molecule has 3 saturated carbocycles. The molecular formula is C35H53N2P. The Hall–Kier alpha value is -1.53. The molecule has 0 spiro atoms. The molecule has 3 heteroatoms. The number of para-hydroxylation sites is 2. The van der Waals surface area contributed by atoms with Crippen molar-refractivity contribution in [2.24, 2.45) is 0 Å². The first-order valence-electron chi connectivity index (χ1n) is 16.4. The van der Waals surface area contributed by atoms with Crippen LogP contribution >= 0.6 is 7.26 Å². The number of hydrogen-bond donors (Lipinski definition) is 0. The summed E-state index contributed by atoms with van der Waals surface area (Å²) >= 11 is 0. The van der Waals surface area contributed by atoms with E-state index in [2.05, 4.69) is 72.2 Å². The van der Waals surface area contributed by atoms with Crippen LogP contribution in [0.4, 0.5) is 11.4 Å². The molecule has 4 aliphatic rings. The molecule has 2 nitrogen and oxygen atoms in total. The van der Waals surface area contributed by atoms with Gasteiger partial charge >= 0.3 is 234 Å². The van der Waals surface area contributed by atoms with Gasteiger partial charge in [0.2, 0.25) is 0 Å². The number of benzene rings is 2. The Morgan fingerprint density at radius 3 is 1.18 bits per heavy atom. The summed E-state index contributed by atoms with van der Waals surface area (Å²) in [4.78, 5) is 6.01. The third kappa shape index (κ3) is 4.82. The number of rotatable bonds is 6. The third-order valence-electron chi connectivity index (χ3n) is 11.4. The van der Waals surface area contributed by atoms with Gasteiger partial charge < -0.3 is 0 Å². The summed E-state index contributed by atoms with van der Waals surface area (Å²) in [5.41, 5.74) is 9.03. The maximum absolute atomic E-state index is 3.01. The zero-order chi connectivity index (χ0) is 26.0. The van der Waals surface area contributed by atoms with Crippen LogP contribution in [0.2, 0.25) is 0 Å². The number of hydrogen-bond acceptors (Lipinski definition) is 2. The van der Waals surface area contributed by atoms with E-state index in [9.17, 15) is 0 Å². The number of aryl methyl sites for hydroxylation is 2. The fourth-order valence-corrected chi connectivity index (χ4v) is 19.0. The van der Waals surface area contributed by atoms with Crippen LogP contribution in [-0.4, -0.2) is 36.0 Å². The molecule has 0 unspecified atom stereocenters. The molecule has 0 N–H and O–H groups in total. The topological polar surface area (TPSA) is 6.48 Å². The molecule has 0 aromatic heterocycles. The predicted molar refractivity (Wildman–Crippen MR) is 170 cm³/mol. The SMILES string of the molecule is Cc1ccccc1N1CCN(c2ccccc2C)C1[PH](C1CCCCC1)(C1CCCCC1)C1CCCCC1. The molecule has 1 saturated heterocycles. The first kappa shape index (κ1) is 26.7. The fraction of sp³-hybridized carbons (Fsp3) is 0.657. The third-order valence-corrected chi connectivity index (χ3v) is 18.9. The Bertz CT molecular complexity index is 948. The summed E-state index contributed by atoms with van der Waals surface area (Å²) in [5.74, 6) is 0.610. The van der Waals surface area contributed by atoms with Crippen molar-refractivity contribution < 1.29 is 0 Å². The van der Waals surface area contributed by atoms with E-state index in [1.165, 1.54) is 132 Å². The van der Waals surface area contributed by atoms with Crippen LogP contribution in [0.5, 0.6) is 0 Å². The van der Waals surface area contributed by atoms with E-state index in [1.807, 2.05) is 0 Å². The van der Waals surface area contributed by atoms with Crippen LogP contribution in [0.15, 0.2) is 48.5 Å².